The van der Waals surface area contributed by atoms with E-state index in [1.165, 1.54) is 33.0 Å². The van der Waals surface area contributed by atoms with Crippen LogP contribution in [0.15, 0.2) is 109 Å². The van der Waals surface area contributed by atoms with Gasteiger partial charge < -0.3 is 21.4 Å². The highest BCUT2D eigenvalue weighted by Gasteiger charge is 2.15. The molecule has 0 aliphatic rings. The van der Waals surface area contributed by atoms with Gasteiger partial charge in [-0.05, 0) is 77.8 Å². The summed E-state index contributed by atoms with van der Waals surface area (Å²) >= 11 is 0. The maximum absolute atomic E-state index is 6.85. The summed E-state index contributed by atoms with van der Waals surface area (Å²) in [5, 5.41) is 10.8. The number of nitrogens with two attached hydrogens (primary N) is 2. The summed E-state index contributed by atoms with van der Waals surface area (Å²) in [5.41, 5.74) is 12.8. The molecule has 0 bridgehead atoms. The molecule has 0 unspecified atom stereocenters. The number of fused-ring (bicyclic) bond motifs is 1. The lowest BCUT2D eigenvalue weighted by atomic mass is 9.97. The molecule has 0 aliphatic carbocycles. The van der Waals surface area contributed by atoms with Gasteiger partial charge in [0.05, 0.1) is 6.54 Å². The van der Waals surface area contributed by atoms with Crippen molar-refractivity contribution < 1.29 is 0 Å². The van der Waals surface area contributed by atoms with Crippen molar-refractivity contribution in [1.29, 1.82) is 0 Å². The molecule has 3 aromatic carbocycles. The van der Waals surface area contributed by atoms with E-state index in [1.807, 2.05) is 24.2 Å². The predicted octanol–water partition coefficient (Wildman–Crippen LogP) is 5.90. The molecular weight excluding hydrogens is 442 g/mol. The van der Waals surface area contributed by atoms with Crippen LogP contribution in [0.4, 0.5) is 5.69 Å². The molecule has 0 saturated heterocycles. The lowest BCUT2D eigenvalue weighted by Crippen LogP contribution is -2.32. The summed E-state index contributed by atoms with van der Waals surface area (Å²) in [6.07, 6.45) is 11.7. The number of allylic oxidation sites excluding steroid dienone is 4. The molecule has 5 nitrogen and oxygen atoms in total. The van der Waals surface area contributed by atoms with E-state index in [9.17, 15) is 0 Å². The molecule has 0 fully saturated rings. The van der Waals surface area contributed by atoms with Gasteiger partial charge >= 0.3 is 0 Å². The molecule has 0 heterocycles. The number of hydrazine groups is 1. The molecule has 3 aromatic rings. The number of hydrogen-bond donors (Lipinski definition) is 4. The number of rotatable bonds is 13. The fraction of sp³-hybridized carbons (Fsp3) is 0.226. The summed E-state index contributed by atoms with van der Waals surface area (Å²) < 4.78 is 0. The first-order valence-corrected chi connectivity index (χ1v) is 12.4. The lowest BCUT2D eigenvalue weighted by Gasteiger charge is -2.27. The van der Waals surface area contributed by atoms with Gasteiger partial charge in [0.2, 0.25) is 0 Å². The fourth-order valence-electron chi connectivity index (χ4n) is 4.45. The monoisotopic (exact) mass is 481 g/mol. The minimum Gasteiger partial charge on any atom is -0.405 e. The van der Waals surface area contributed by atoms with Gasteiger partial charge in [-0.2, -0.15) is 0 Å². The third kappa shape index (κ3) is 7.52. The van der Waals surface area contributed by atoms with E-state index in [0.717, 1.165) is 37.2 Å². The molecule has 5 heteroatoms. The largest absolute Gasteiger partial charge is 0.405 e. The van der Waals surface area contributed by atoms with Crippen LogP contribution >= 0.6 is 0 Å². The first kappa shape index (κ1) is 26.6. The standard InChI is InChI=1S/C31H39N5/c1-4-35-19-17-31(27(12-6-5-7-18-32)21-25-11-8-10-24(2)20-25)36(33)23-28-14-9-13-26-22-29(34-3)15-16-30(26)28/h4-11,13-16,18,20,22,34-35H,1,12,17,19,21,23,32-33H2,2-3H3/b6-5+,18-7-,31-27-. The average Bonchev–Trinajstić information content (AvgIpc) is 2.88. The van der Waals surface area contributed by atoms with Crippen LogP contribution < -0.4 is 22.2 Å². The highest BCUT2D eigenvalue weighted by atomic mass is 15.4. The van der Waals surface area contributed by atoms with Gasteiger partial charge in [-0.25, -0.2) is 5.84 Å². The van der Waals surface area contributed by atoms with Crippen LogP contribution in [-0.4, -0.2) is 18.6 Å². The molecule has 0 aromatic heterocycles. The van der Waals surface area contributed by atoms with Gasteiger partial charge in [-0.1, -0.05) is 72.8 Å². The number of benzene rings is 3. The average molecular weight is 482 g/mol. The van der Waals surface area contributed by atoms with Crippen molar-refractivity contribution >= 4 is 16.5 Å². The molecule has 0 radical (unpaired) electrons. The van der Waals surface area contributed by atoms with Gasteiger partial charge in [-0.15, -0.1) is 0 Å². The van der Waals surface area contributed by atoms with Crippen LogP contribution in [0.25, 0.3) is 10.8 Å². The second-order valence-electron chi connectivity index (χ2n) is 8.87. The normalized spacial score (nSPS) is 12.2. The van der Waals surface area contributed by atoms with Gasteiger partial charge in [0.25, 0.3) is 0 Å². The SMILES string of the molecule is C=CNCC/C(=C(\C/C=C/C=C\N)Cc1cccc(C)c1)N(N)Cc1cccc2cc(NC)ccc12. The van der Waals surface area contributed by atoms with E-state index in [4.69, 9.17) is 11.6 Å². The van der Waals surface area contributed by atoms with E-state index < -0.39 is 0 Å². The Morgan fingerprint density at radius 1 is 1.06 bits per heavy atom. The third-order valence-electron chi connectivity index (χ3n) is 6.23. The van der Waals surface area contributed by atoms with Crippen molar-refractivity contribution in [3.05, 3.63) is 126 Å². The minimum atomic E-state index is 0.614. The van der Waals surface area contributed by atoms with Gasteiger partial charge in [0.1, 0.15) is 0 Å². The maximum Gasteiger partial charge on any atom is 0.0594 e. The Labute approximate surface area is 215 Å². The van der Waals surface area contributed by atoms with E-state index in [1.54, 1.807) is 12.4 Å². The van der Waals surface area contributed by atoms with Crippen LogP contribution in [0.2, 0.25) is 0 Å². The third-order valence-corrected chi connectivity index (χ3v) is 6.23. The Morgan fingerprint density at radius 2 is 1.89 bits per heavy atom. The van der Waals surface area contributed by atoms with Crippen molar-refractivity contribution in [2.45, 2.75) is 32.7 Å². The summed E-state index contributed by atoms with van der Waals surface area (Å²) in [5.74, 6) is 6.85. The Hall–Kier alpha value is -3.96. The van der Waals surface area contributed by atoms with E-state index in [-0.39, 0.29) is 0 Å². The smallest absolute Gasteiger partial charge is 0.0594 e. The van der Waals surface area contributed by atoms with Gasteiger partial charge in [0.15, 0.2) is 0 Å². The summed E-state index contributed by atoms with van der Waals surface area (Å²) in [4.78, 5) is 0. The molecule has 188 valence electrons. The molecule has 6 N–H and O–H groups in total. The van der Waals surface area contributed by atoms with Crippen LogP contribution in [0.1, 0.15) is 29.5 Å². The summed E-state index contributed by atoms with van der Waals surface area (Å²) in [6.45, 7) is 7.31. The molecule has 0 aliphatic heterocycles. The number of aryl methyl sites for hydroxylation is 1. The minimum absolute atomic E-state index is 0.614. The number of nitrogens with one attached hydrogen (secondary N) is 2. The van der Waals surface area contributed by atoms with E-state index in [0.29, 0.717) is 6.54 Å². The number of nitrogens with zero attached hydrogens (tertiary/aromatic N) is 1. The predicted molar refractivity (Wildman–Crippen MR) is 155 cm³/mol. The van der Waals surface area contributed by atoms with Crippen molar-refractivity contribution in [1.82, 2.24) is 10.3 Å². The van der Waals surface area contributed by atoms with Crippen LogP contribution in [0, 0.1) is 6.92 Å². The van der Waals surface area contributed by atoms with Crippen LogP contribution in [0.3, 0.4) is 0 Å². The van der Waals surface area contributed by atoms with Crippen LogP contribution in [0.5, 0.6) is 0 Å². The van der Waals surface area contributed by atoms with E-state index >= 15 is 0 Å². The van der Waals surface area contributed by atoms with Crippen molar-refractivity contribution in [2.24, 2.45) is 11.6 Å². The van der Waals surface area contributed by atoms with Crippen molar-refractivity contribution in [3.63, 3.8) is 0 Å². The first-order chi connectivity index (χ1) is 17.5. The first-order valence-electron chi connectivity index (χ1n) is 12.4. The number of anilines is 1. The molecule has 36 heavy (non-hydrogen) atoms. The Kier molecular flexibility index (Phi) is 10.2. The second kappa shape index (κ2) is 13.8. The Bertz CT molecular complexity index is 1240. The maximum atomic E-state index is 6.85. The van der Waals surface area contributed by atoms with Crippen molar-refractivity contribution in [2.75, 3.05) is 18.9 Å². The Balaban J connectivity index is 2.00. The fourth-order valence-corrected chi connectivity index (χ4v) is 4.45. The second-order valence-corrected chi connectivity index (χ2v) is 8.87. The summed E-state index contributed by atoms with van der Waals surface area (Å²) in [7, 11) is 1.94. The highest BCUT2D eigenvalue weighted by Crippen LogP contribution is 2.26. The quantitative estimate of drug-likeness (QED) is 0.106. The van der Waals surface area contributed by atoms with Crippen LogP contribution in [-0.2, 0) is 13.0 Å². The highest BCUT2D eigenvalue weighted by molar-refractivity contribution is 5.88. The zero-order valence-electron chi connectivity index (χ0n) is 21.5. The van der Waals surface area contributed by atoms with Gasteiger partial charge in [0, 0.05) is 31.4 Å². The Morgan fingerprint density at radius 3 is 2.64 bits per heavy atom. The lowest BCUT2D eigenvalue weighted by molar-refractivity contribution is 0.333. The molecule has 3 rings (SSSR count). The van der Waals surface area contributed by atoms with Gasteiger partial charge in [-0.3, -0.25) is 0 Å². The molecule has 0 spiro atoms. The topological polar surface area (TPSA) is 79.3 Å². The zero-order valence-corrected chi connectivity index (χ0v) is 21.5. The molecule has 0 atom stereocenters. The molecular formula is C31H39N5. The zero-order chi connectivity index (χ0) is 25.8. The van der Waals surface area contributed by atoms with E-state index in [2.05, 4.69) is 90.9 Å². The molecule has 0 amide bonds. The summed E-state index contributed by atoms with van der Waals surface area (Å²) in [6, 6.07) is 21.5. The number of hydrogen-bond acceptors (Lipinski definition) is 5. The van der Waals surface area contributed by atoms with Crippen molar-refractivity contribution in [3.8, 4) is 0 Å². The molecule has 0 saturated carbocycles.